The van der Waals surface area contributed by atoms with Crippen LogP contribution in [0.5, 0.6) is 0 Å². The molecule has 19 heavy (non-hydrogen) atoms. The van der Waals surface area contributed by atoms with E-state index in [0.29, 0.717) is 12.2 Å². The number of aromatic nitrogens is 2. The van der Waals surface area contributed by atoms with Crippen molar-refractivity contribution in [2.24, 2.45) is 0 Å². The first-order valence-electron chi connectivity index (χ1n) is 6.49. The summed E-state index contributed by atoms with van der Waals surface area (Å²) in [7, 11) is 1.95. The van der Waals surface area contributed by atoms with Crippen LogP contribution in [0.2, 0.25) is 0 Å². The van der Waals surface area contributed by atoms with Crippen molar-refractivity contribution in [2.45, 2.75) is 31.9 Å². The van der Waals surface area contributed by atoms with Crippen LogP contribution < -0.4 is 0 Å². The van der Waals surface area contributed by atoms with Crippen molar-refractivity contribution in [1.82, 2.24) is 14.9 Å². The molecule has 0 bridgehead atoms. The number of carboxylic acids is 1. The average Bonchev–Trinajstić information content (AvgIpc) is 2.40. The molecule has 1 fully saturated rings. The van der Waals surface area contributed by atoms with Gasteiger partial charge >= 0.3 is 5.97 Å². The largest absolute Gasteiger partial charge is 0.478 e. The molecule has 2 heterocycles. The van der Waals surface area contributed by atoms with Crippen LogP contribution >= 0.6 is 0 Å². The highest BCUT2D eigenvalue weighted by molar-refractivity contribution is 5.88. The Morgan fingerprint density at radius 3 is 3.11 bits per heavy atom. The lowest BCUT2D eigenvalue weighted by atomic mass is 10.1. The molecule has 1 aliphatic heterocycles. The predicted molar refractivity (Wildman–Crippen MR) is 68.9 cm³/mol. The second kappa shape index (κ2) is 6.58. The fourth-order valence-electron chi connectivity index (χ4n) is 2.28. The molecule has 0 aliphatic carbocycles. The number of nitrogens with zero attached hydrogens (tertiary/aromatic N) is 3. The number of carboxylic acid groups (broad SMARTS) is 1. The maximum atomic E-state index is 11.1. The molecule has 104 valence electrons. The Labute approximate surface area is 112 Å². The van der Waals surface area contributed by atoms with Gasteiger partial charge in [0.15, 0.2) is 0 Å². The van der Waals surface area contributed by atoms with Crippen LogP contribution in [-0.4, -0.2) is 52.2 Å². The van der Waals surface area contributed by atoms with Gasteiger partial charge in [0.05, 0.1) is 11.8 Å². The first-order valence-corrected chi connectivity index (χ1v) is 6.49. The monoisotopic (exact) mass is 265 g/mol. The number of aromatic carboxylic acids is 1. The van der Waals surface area contributed by atoms with Crippen LogP contribution in [0.25, 0.3) is 0 Å². The van der Waals surface area contributed by atoms with Crippen LogP contribution in [0.1, 0.15) is 35.3 Å². The van der Waals surface area contributed by atoms with Gasteiger partial charge in [0.2, 0.25) is 0 Å². The molecule has 1 saturated heterocycles. The molecule has 0 radical (unpaired) electrons. The van der Waals surface area contributed by atoms with Gasteiger partial charge in [-0.1, -0.05) is 0 Å². The van der Waals surface area contributed by atoms with Crippen molar-refractivity contribution in [3.05, 3.63) is 23.8 Å². The summed E-state index contributed by atoms with van der Waals surface area (Å²) in [6.07, 6.45) is 6.37. The van der Waals surface area contributed by atoms with Crippen molar-refractivity contribution >= 4 is 5.97 Å². The number of rotatable bonds is 5. The summed E-state index contributed by atoms with van der Waals surface area (Å²) in [6, 6.07) is 0. The molecule has 0 aromatic carbocycles. The summed E-state index contributed by atoms with van der Waals surface area (Å²) in [6.45, 7) is 2.11. The van der Waals surface area contributed by atoms with Crippen molar-refractivity contribution in [3.8, 4) is 0 Å². The molecule has 1 unspecified atom stereocenters. The fraction of sp³-hybridized carbons (Fsp3) is 0.615. The van der Waals surface area contributed by atoms with Gasteiger partial charge in [-0.05, 0) is 26.3 Å². The maximum Gasteiger partial charge on any atom is 0.339 e. The summed E-state index contributed by atoms with van der Waals surface area (Å²) in [5, 5.41) is 9.08. The van der Waals surface area contributed by atoms with Crippen molar-refractivity contribution in [1.29, 1.82) is 0 Å². The number of hydrogen-bond donors (Lipinski definition) is 1. The fourth-order valence-corrected chi connectivity index (χ4v) is 2.28. The summed E-state index contributed by atoms with van der Waals surface area (Å²) in [5.74, 6) is -0.988. The minimum Gasteiger partial charge on any atom is -0.478 e. The molecule has 2 rings (SSSR count). The zero-order valence-electron chi connectivity index (χ0n) is 11.1. The Morgan fingerprint density at radius 1 is 1.58 bits per heavy atom. The van der Waals surface area contributed by atoms with Gasteiger partial charge in [-0.25, -0.2) is 14.8 Å². The van der Waals surface area contributed by atoms with E-state index >= 15 is 0 Å². The van der Waals surface area contributed by atoms with E-state index in [9.17, 15) is 4.79 Å². The molecule has 1 aromatic rings. The second-order valence-corrected chi connectivity index (χ2v) is 4.87. The number of hydrogen-bond acceptors (Lipinski definition) is 5. The minimum atomic E-state index is -0.988. The molecule has 1 N–H and O–H groups in total. The van der Waals surface area contributed by atoms with E-state index in [4.69, 9.17) is 9.84 Å². The van der Waals surface area contributed by atoms with Gasteiger partial charge in [-0.3, -0.25) is 4.90 Å². The van der Waals surface area contributed by atoms with Gasteiger partial charge in [-0.15, -0.1) is 0 Å². The lowest BCUT2D eigenvalue weighted by Gasteiger charge is -2.27. The Kier molecular flexibility index (Phi) is 4.81. The highest BCUT2D eigenvalue weighted by Crippen LogP contribution is 2.14. The van der Waals surface area contributed by atoms with Gasteiger partial charge in [0, 0.05) is 25.9 Å². The third-order valence-electron chi connectivity index (χ3n) is 3.23. The van der Waals surface area contributed by atoms with Crippen LogP contribution in [0.15, 0.2) is 12.5 Å². The molecule has 6 heteroatoms. The second-order valence-electron chi connectivity index (χ2n) is 4.87. The molecular formula is C13H19N3O3. The van der Waals surface area contributed by atoms with E-state index in [-0.39, 0.29) is 11.7 Å². The summed E-state index contributed by atoms with van der Waals surface area (Å²) in [4.78, 5) is 20.9. The normalized spacial score (nSPS) is 19.6. The van der Waals surface area contributed by atoms with E-state index in [1.165, 1.54) is 18.9 Å². The third-order valence-corrected chi connectivity index (χ3v) is 3.23. The SMILES string of the molecule is CN(Cc1ncncc1C(=O)O)CC1CCCCO1. The molecule has 6 nitrogen and oxygen atoms in total. The van der Waals surface area contributed by atoms with E-state index < -0.39 is 5.97 Å². The maximum absolute atomic E-state index is 11.1. The lowest BCUT2D eigenvalue weighted by Crippen LogP contribution is -2.33. The zero-order chi connectivity index (χ0) is 13.7. The van der Waals surface area contributed by atoms with Crippen LogP contribution in [0.3, 0.4) is 0 Å². The predicted octanol–water partition coefficient (Wildman–Crippen LogP) is 1.18. The molecule has 0 saturated carbocycles. The molecular weight excluding hydrogens is 246 g/mol. The Balaban J connectivity index is 1.94. The lowest BCUT2D eigenvalue weighted by molar-refractivity contribution is -0.00278. The first-order chi connectivity index (χ1) is 9.16. The smallest absolute Gasteiger partial charge is 0.339 e. The first kappa shape index (κ1) is 13.9. The third kappa shape index (κ3) is 3.97. The molecule has 1 aromatic heterocycles. The van der Waals surface area contributed by atoms with E-state index in [2.05, 4.69) is 9.97 Å². The average molecular weight is 265 g/mol. The summed E-state index contributed by atoms with van der Waals surface area (Å²) < 4.78 is 5.67. The van der Waals surface area contributed by atoms with Gasteiger partial charge < -0.3 is 9.84 Å². The highest BCUT2D eigenvalue weighted by Gasteiger charge is 2.18. The molecule has 1 aliphatic rings. The number of ether oxygens (including phenoxy) is 1. The summed E-state index contributed by atoms with van der Waals surface area (Å²) >= 11 is 0. The highest BCUT2D eigenvalue weighted by atomic mass is 16.5. The van der Waals surface area contributed by atoms with E-state index in [0.717, 1.165) is 26.0 Å². The Bertz CT molecular complexity index is 433. The van der Waals surface area contributed by atoms with E-state index in [1.807, 2.05) is 11.9 Å². The van der Waals surface area contributed by atoms with Crippen LogP contribution in [0.4, 0.5) is 0 Å². The van der Waals surface area contributed by atoms with Gasteiger partial charge in [0.25, 0.3) is 0 Å². The zero-order valence-corrected chi connectivity index (χ0v) is 11.1. The molecule has 1 atom stereocenters. The molecule has 0 amide bonds. The van der Waals surface area contributed by atoms with Gasteiger partial charge in [0.1, 0.15) is 11.9 Å². The number of carbonyl (C=O) groups is 1. The van der Waals surface area contributed by atoms with Crippen molar-refractivity contribution < 1.29 is 14.6 Å². The van der Waals surface area contributed by atoms with Crippen LogP contribution in [0, 0.1) is 0 Å². The quantitative estimate of drug-likeness (QED) is 0.861. The molecule has 0 spiro atoms. The number of likely N-dealkylation sites (N-methyl/N-ethyl adjacent to an activating group) is 1. The van der Waals surface area contributed by atoms with Crippen LogP contribution in [-0.2, 0) is 11.3 Å². The van der Waals surface area contributed by atoms with Crippen molar-refractivity contribution in [3.63, 3.8) is 0 Å². The standard InChI is InChI=1S/C13H19N3O3/c1-16(7-10-4-2-3-5-19-10)8-12-11(13(17)18)6-14-9-15-12/h6,9-10H,2-5,7-8H2,1H3,(H,17,18). The minimum absolute atomic E-state index is 0.166. The Hall–Kier alpha value is -1.53. The van der Waals surface area contributed by atoms with Gasteiger partial charge in [-0.2, -0.15) is 0 Å². The Morgan fingerprint density at radius 2 is 2.42 bits per heavy atom. The van der Waals surface area contributed by atoms with E-state index in [1.54, 1.807) is 0 Å². The summed E-state index contributed by atoms with van der Waals surface area (Å²) in [5.41, 5.74) is 0.708. The van der Waals surface area contributed by atoms with Crippen molar-refractivity contribution in [2.75, 3.05) is 20.2 Å². The topological polar surface area (TPSA) is 75.6 Å².